The maximum atomic E-state index is 12.9. The van der Waals surface area contributed by atoms with Crippen molar-refractivity contribution < 1.29 is 9.59 Å². The molecule has 2 aromatic rings. The lowest BCUT2D eigenvalue weighted by molar-refractivity contribution is -0.120. The number of carbonyl (C=O) groups excluding carboxylic acids is 2. The summed E-state index contributed by atoms with van der Waals surface area (Å²) in [5.41, 5.74) is 3.84. The molecule has 0 saturated carbocycles. The van der Waals surface area contributed by atoms with Crippen LogP contribution in [0, 0.1) is 0 Å². The zero-order chi connectivity index (χ0) is 17.1. The fourth-order valence-electron chi connectivity index (χ4n) is 3.12. The molecule has 4 nitrogen and oxygen atoms in total. The first-order chi connectivity index (χ1) is 11.6. The minimum Gasteiger partial charge on any atom is -0.352 e. The third-order valence-corrected chi connectivity index (χ3v) is 4.42. The average Bonchev–Trinajstić information content (AvgIpc) is 2.94. The smallest absolute Gasteiger partial charge is 0.258 e. The van der Waals surface area contributed by atoms with Crippen molar-refractivity contribution in [1.29, 1.82) is 0 Å². The van der Waals surface area contributed by atoms with Gasteiger partial charge in [-0.1, -0.05) is 37.3 Å². The number of benzene rings is 2. The Morgan fingerprint density at radius 2 is 1.92 bits per heavy atom. The molecule has 1 N–H and O–H groups in total. The molecule has 2 aromatic carbocycles. The highest BCUT2D eigenvalue weighted by atomic mass is 16.2. The molecule has 1 aliphatic heterocycles. The second kappa shape index (κ2) is 6.87. The summed E-state index contributed by atoms with van der Waals surface area (Å²) in [6, 6.07) is 15.6. The van der Waals surface area contributed by atoms with Gasteiger partial charge in [0.25, 0.3) is 5.91 Å². The Hall–Kier alpha value is -2.62. The van der Waals surface area contributed by atoms with Gasteiger partial charge in [-0.25, -0.2) is 0 Å². The van der Waals surface area contributed by atoms with Gasteiger partial charge < -0.3 is 10.2 Å². The molecule has 4 heteroatoms. The van der Waals surface area contributed by atoms with Crippen molar-refractivity contribution in [1.82, 2.24) is 5.32 Å². The lowest BCUT2D eigenvalue weighted by Crippen LogP contribution is -2.35. The summed E-state index contributed by atoms with van der Waals surface area (Å²) in [7, 11) is 0. The van der Waals surface area contributed by atoms with E-state index in [0.29, 0.717) is 18.5 Å². The second-order valence-corrected chi connectivity index (χ2v) is 6.19. The molecule has 2 amide bonds. The van der Waals surface area contributed by atoms with Gasteiger partial charge in [0, 0.05) is 30.3 Å². The number of carbonyl (C=O) groups is 2. The number of nitrogens with one attached hydrogen (secondary N) is 1. The zero-order valence-corrected chi connectivity index (χ0v) is 14.1. The highest BCUT2D eigenvalue weighted by Gasteiger charge is 2.31. The molecule has 3 rings (SSSR count). The van der Waals surface area contributed by atoms with Crippen LogP contribution in [-0.4, -0.2) is 17.9 Å². The Bertz CT molecular complexity index is 755. The second-order valence-electron chi connectivity index (χ2n) is 6.19. The Labute approximate surface area is 142 Å². The van der Waals surface area contributed by atoms with E-state index >= 15 is 0 Å². The molecule has 124 valence electrons. The maximum Gasteiger partial charge on any atom is 0.258 e. The first kappa shape index (κ1) is 16.2. The number of nitrogens with zero attached hydrogens (tertiary/aromatic N) is 1. The van der Waals surface area contributed by atoms with E-state index in [0.717, 1.165) is 17.7 Å². The van der Waals surface area contributed by atoms with E-state index < -0.39 is 0 Å². The van der Waals surface area contributed by atoms with E-state index in [1.54, 1.807) is 0 Å². The lowest BCUT2D eigenvalue weighted by atomic mass is 10.1. The van der Waals surface area contributed by atoms with Gasteiger partial charge in [0.2, 0.25) is 5.91 Å². The molecule has 1 aliphatic rings. The third-order valence-electron chi connectivity index (χ3n) is 4.42. The summed E-state index contributed by atoms with van der Waals surface area (Å²) in [6.07, 6.45) is 1.33. The van der Waals surface area contributed by atoms with Gasteiger partial charge in [0.1, 0.15) is 0 Å². The summed E-state index contributed by atoms with van der Waals surface area (Å²) >= 11 is 0. The molecule has 0 aromatic heterocycles. The Kier molecular flexibility index (Phi) is 4.65. The maximum absolute atomic E-state index is 12.9. The molecule has 0 fully saturated rings. The van der Waals surface area contributed by atoms with Gasteiger partial charge in [-0.05, 0) is 42.7 Å². The van der Waals surface area contributed by atoms with E-state index in [2.05, 4.69) is 18.3 Å². The van der Waals surface area contributed by atoms with Crippen molar-refractivity contribution in [2.75, 3.05) is 4.90 Å². The van der Waals surface area contributed by atoms with Crippen LogP contribution in [0.1, 0.15) is 41.8 Å². The third kappa shape index (κ3) is 3.18. The quantitative estimate of drug-likeness (QED) is 0.939. The predicted molar refractivity (Wildman–Crippen MR) is 95.0 cm³/mol. The van der Waals surface area contributed by atoms with Gasteiger partial charge in [-0.2, -0.15) is 0 Å². The van der Waals surface area contributed by atoms with Crippen LogP contribution in [0.3, 0.4) is 0 Å². The largest absolute Gasteiger partial charge is 0.352 e. The Balaban J connectivity index is 1.86. The topological polar surface area (TPSA) is 49.4 Å². The van der Waals surface area contributed by atoms with Crippen LogP contribution >= 0.6 is 0 Å². The number of rotatable bonds is 4. The molecule has 0 radical (unpaired) electrons. The van der Waals surface area contributed by atoms with Gasteiger partial charge in [0.15, 0.2) is 0 Å². The molecule has 1 atom stereocenters. The number of amides is 2. The van der Waals surface area contributed by atoms with E-state index in [1.165, 1.54) is 5.56 Å². The SMILES string of the molecule is CCC(=O)NCc1ccc2c(c1)N(C(=O)c1ccccc1)[C@@H](C)C2. The van der Waals surface area contributed by atoms with E-state index in [1.807, 2.05) is 54.3 Å². The molecule has 1 heterocycles. The minimum atomic E-state index is 0.0246. The van der Waals surface area contributed by atoms with Crippen LogP contribution < -0.4 is 10.2 Å². The highest BCUT2D eigenvalue weighted by molar-refractivity contribution is 6.07. The van der Waals surface area contributed by atoms with E-state index in [4.69, 9.17) is 0 Å². The van der Waals surface area contributed by atoms with Crippen molar-refractivity contribution in [3.63, 3.8) is 0 Å². The van der Waals surface area contributed by atoms with Gasteiger partial charge in [-0.3, -0.25) is 9.59 Å². The fourth-order valence-corrected chi connectivity index (χ4v) is 3.12. The van der Waals surface area contributed by atoms with Crippen molar-refractivity contribution in [2.24, 2.45) is 0 Å². The molecule has 0 unspecified atom stereocenters. The lowest BCUT2D eigenvalue weighted by Gasteiger charge is -2.23. The summed E-state index contributed by atoms with van der Waals surface area (Å²) in [6.45, 7) is 4.39. The van der Waals surface area contributed by atoms with Crippen molar-refractivity contribution in [3.8, 4) is 0 Å². The number of hydrogen-bond acceptors (Lipinski definition) is 2. The summed E-state index contributed by atoms with van der Waals surface area (Å²) in [4.78, 5) is 26.2. The van der Waals surface area contributed by atoms with Crippen LogP contribution in [-0.2, 0) is 17.8 Å². The minimum absolute atomic E-state index is 0.0246. The number of hydrogen-bond donors (Lipinski definition) is 1. The van der Waals surface area contributed by atoms with E-state index in [-0.39, 0.29) is 17.9 Å². The van der Waals surface area contributed by atoms with Crippen molar-refractivity contribution in [3.05, 3.63) is 65.2 Å². The molecule has 0 bridgehead atoms. The predicted octanol–water partition coefficient (Wildman–Crippen LogP) is 3.30. The van der Waals surface area contributed by atoms with Crippen LogP contribution in [0.4, 0.5) is 5.69 Å². The standard InChI is InChI=1S/C20H22N2O2/c1-3-19(23)21-13-15-9-10-17-11-14(2)22(18(17)12-15)20(24)16-7-5-4-6-8-16/h4-10,12,14H,3,11,13H2,1-2H3,(H,21,23)/t14-/m0/s1. The summed E-state index contributed by atoms with van der Waals surface area (Å²) in [5.74, 6) is 0.0534. The Morgan fingerprint density at radius 3 is 2.62 bits per heavy atom. The van der Waals surface area contributed by atoms with Crippen LogP contribution in [0.25, 0.3) is 0 Å². The molecule has 0 saturated heterocycles. The van der Waals surface area contributed by atoms with Crippen molar-refractivity contribution >= 4 is 17.5 Å². The number of anilines is 1. The first-order valence-electron chi connectivity index (χ1n) is 8.37. The molecular weight excluding hydrogens is 300 g/mol. The molecule has 0 spiro atoms. The molecular formula is C20H22N2O2. The normalized spacial score (nSPS) is 15.9. The Morgan fingerprint density at radius 1 is 1.17 bits per heavy atom. The van der Waals surface area contributed by atoms with Crippen LogP contribution in [0.5, 0.6) is 0 Å². The molecule has 0 aliphatic carbocycles. The van der Waals surface area contributed by atoms with Crippen molar-refractivity contribution in [2.45, 2.75) is 39.3 Å². The summed E-state index contributed by atoms with van der Waals surface area (Å²) < 4.78 is 0. The first-order valence-corrected chi connectivity index (χ1v) is 8.37. The molecule has 24 heavy (non-hydrogen) atoms. The van der Waals surface area contributed by atoms with E-state index in [9.17, 15) is 9.59 Å². The zero-order valence-electron chi connectivity index (χ0n) is 14.1. The number of fused-ring (bicyclic) bond motifs is 1. The van der Waals surface area contributed by atoms with Gasteiger partial charge in [0.05, 0.1) is 0 Å². The van der Waals surface area contributed by atoms with Crippen LogP contribution in [0.15, 0.2) is 48.5 Å². The fraction of sp³-hybridized carbons (Fsp3) is 0.300. The van der Waals surface area contributed by atoms with Gasteiger partial charge >= 0.3 is 0 Å². The average molecular weight is 322 g/mol. The highest BCUT2D eigenvalue weighted by Crippen LogP contribution is 2.34. The summed E-state index contributed by atoms with van der Waals surface area (Å²) in [5, 5.41) is 2.88. The van der Waals surface area contributed by atoms with Crippen LogP contribution in [0.2, 0.25) is 0 Å². The van der Waals surface area contributed by atoms with Gasteiger partial charge in [-0.15, -0.1) is 0 Å². The monoisotopic (exact) mass is 322 g/mol.